The van der Waals surface area contributed by atoms with Gasteiger partial charge in [-0.1, -0.05) is 12.2 Å². The van der Waals surface area contributed by atoms with Crippen molar-refractivity contribution in [3.63, 3.8) is 0 Å². The number of carbonyl (C=O) groups excluding carboxylic acids is 2. The van der Waals surface area contributed by atoms with Crippen molar-refractivity contribution < 1.29 is 9.59 Å². The summed E-state index contributed by atoms with van der Waals surface area (Å²) in [6, 6.07) is 0.483. The molecule has 2 amide bonds. The minimum absolute atomic E-state index is 0.0284. The second-order valence-corrected chi connectivity index (χ2v) is 8.96. The van der Waals surface area contributed by atoms with E-state index in [1.165, 1.54) is 18.0 Å². The third-order valence-electron chi connectivity index (χ3n) is 7.39. The summed E-state index contributed by atoms with van der Waals surface area (Å²) in [5.74, 6) is 1.16. The number of carbonyl (C=O) groups is 2. The number of piperazine rings is 3. The minimum Gasteiger partial charge on any atom is -0.357 e. The van der Waals surface area contributed by atoms with Gasteiger partial charge in [-0.05, 0) is 25.2 Å². The Hall–Kier alpha value is -1.93. The van der Waals surface area contributed by atoms with Crippen LogP contribution in [-0.2, 0) is 9.59 Å². The maximum Gasteiger partial charge on any atom is 0.233 e. The number of nitrogens with zero attached hydrogens (tertiary/aromatic N) is 4. The number of guanidine groups is 1. The molecule has 6 aliphatic rings. The molecule has 0 aromatic heterocycles. The molecule has 8 nitrogen and oxygen atoms in total. The molecule has 5 fully saturated rings. The molecule has 4 bridgehead atoms. The van der Waals surface area contributed by atoms with E-state index in [1.54, 1.807) is 0 Å². The van der Waals surface area contributed by atoms with Gasteiger partial charge in [0.25, 0.3) is 0 Å². The lowest BCUT2D eigenvalue weighted by Crippen LogP contribution is -2.62. The summed E-state index contributed by atoms with van der Waals surface area (Å²) in [4.78, 5) is 36.9. The molecule has 29 heavy (non-hydrogen) atoms. The number of hydrogen-bond donors (Lipinski definition) is 2. The SMILES string of the molecule is CCNC(=NCC1CN2CCN1CC2)NCCN1C(=O)C2C3C=CC(C3)C2C1=O. The van der Waals surface area contributed by atoms with Gasteiger partial charge in [0.15, 0.2) is 5.96 Å². The molecule has 4 saturated heterocycles. The first-order valence-electron chi connectivity index (χ1n) is 11.2. The summed E-state index contributed by atoms with van der Waals surface area (Å²) in [7, 11) is 0. The van der Waals surface area contributed by atoms with Gasteiger partial charge in [-0.2, -0.15) is 0 Å². The molecule has 2 aliphatic carbocycles. The van der Waals surface area contributed by atoms with Crippen molar-refractivity contribution in [3.05, 3.63) is 12.2 Å². The van der Waals surface area contributed by atoms with E-state index in [0.717, 1.165) is 45.1 Å². The van der Waals surface area contributed by atoms with Crippen molar-refractivity contribution in [2.75, 3.05) is 58.9 Å². The summed E-state index contributed by atoms with van der Waals surface area (Å²) < 4.78 is 0. The monoisotopic (exact) mass is 400 g/mol. The first-order valence-corrected chi connectivity index (χ1v) is 11.2. The van der Waals surface area contributed by atoms with Crippen LogP contribution >= 0.6 is 0 Å². The van der Waals surface area contributed by atoms with Crippen LogP contribution in [0.15, 0.2) is 17.1 Å². The molecule has 4 aliphatic heterocycles. The standard InChI is InChI=1S/C21H32N6O2/c1-2-22-21(24-12-16-13-25-7-9-26(16)10-8-25)23-5-6-27-19(28)17-14-3-4-15(11-14)18(17)20(27)29/h3-4,14-18H,2,5-13H2,1H3,(H2,22,23,24). The fourth-order valence-electron chi connectivity index (χ4n) is 5.91. The van der Waals surface area contributed by atoms with Crippen molar-refractivity contribution in [3.8, 4) is 0 Å². The van der Waals surface area contributed by atoms with E-state index in [2.05, 4.69) is 32.6 Å². The molecule has 0 spiro atoms. The predicted octanol–water partition coefficient (Wildman–Crippen LogP) is -0.652. The number of amides is 2. The van der Waals surface area contributed by atoms with Crippen molar-refractivity contribution in [2.24, 2.45) is 28.7 Å². The van der Waals surface area contributed by atoms with Gasteiger partial charge in [0.05, 0.1) is 18.4 Å². The fraction of sp³-hybridized carbons (Fsp3) is 0.762. The number of nitrogens with one attached hydrogen (secondary N) is 2. The Morgan fingerprint density at radius 3 is 2.34 bits per heavy atom. The number of hydrogen-bond acceptors (Lipinski definition) is 5. The highest BCUT2D eigenvalue weighted by molar-refractivity contribution is 6.06. The van der Waals surface area contributed by atoms with E-state index in [1.807, 2.05) is 6.92 Å². The summed E-state index contributed by atoms with van der Waals surface area (Å²) in [6.07, 6.45) is 5.25. The van der Waals surface area contributed by atoms with Crippen LogP contribution in [0, 0.1) is 23.7 Å². The molecule has 6 rings (SSSR count). The Morgan fingerprint density at radius 2 is 1.76 bits per heavy atom. The molecular formula is C21H32N6O2. The van der Waals surface area contributed by atoms with E-state index < -0.39 is 0 Å². The number of allylic oxidation sites excluding steroid dienone is 2. The maximum atomic E-state index is 12.8. The molecule has 8 heteroatoms. The Bertz CT molecular complexity index is 699. The second-order valence-electron chi connectivity index (χ2n) is 8.96. The maximum absolute atomic E-state index is 12.8. The Balaban J connectivity index is 1.14. The molecule has 4 heterocycles. The van der Waals surface area contributed by atoms with Crippen LogP contribution < -0.4 is 10.6 Å². The number of likely N-dealkylation sites (tertiary alicyclic amines) is 1. The third-order valence-corrected chi connectivity index (χ3v) is 7.39. The molecule has 0 aromatic rings. The van der Waals surface area contributed by atoms with Crippen molar-refractivity contribution in [1.82, 2.24) is 25.3 Å². The topological polar surface area (TPSA) is 80.3 Å². The lowest BCUT2D eigenvalue weighted by Gasteiger charge is -2.47. The molecule has 2 N–H and O–H groups in total. The van der Waals surface area contributed by atoms with Gasteiger partial charge in [-0.3, -0.25) is 29.3 Å². The van der Waals surface area contributed by atoms with Crippen LogP contribution in [0.1, 0.15) is 13.3 Å². The van der Waals surface area contributed by atoms with Gasteiger partial charge >= 0.3 is 0 Å². The van der Waals surface area contributed by atoms with E-state index in [9.17, 15) is 9.59 Å². The van der Waals surface area contributed by atoms with Crippen LogP contribution in [0.4, 0.5) is 0 Å². The average Bonchev–Trinajstić information content (AvgIpc) is 3.42. The smallest absolute Gasteiger partial charge is 0.233 e. The van der Waals surface area contributed by atoms with Gasteiger partial charge in [0, 0.05) is 58.4 Å². The number of imide groups is 1. The number of aliphatic imine (C=N–C) groups is 1. The normalized spacial score (nSPS) is 40.1. The lowest BCUT2D eigenvalue weighted by molar-refractivity contribution is -0.140. The molecule has 5 unspecified atom stereocenters. The zero-order valence-electron chi connectivity index (χ0n) is 17.2. The molecule has 1 saturated carbocycles. The van der Waals surface area contributed by atoms with Crippen LogP contribution in [0.5, 0.6) is 0 Å². The van der Waals surface area contributed by atoms with Crippen molar-refractivity contribution in [1.29, 1.82) is 0 Å². The summed E-state index contributed by atoms with van der Waals surface area (Å²) >= 11 is 0. The Kier molecular flexibility index (Phi) is 5.07. The second kappa shape index (κ2) is 7.72. The molecule has 158 valence electrons. The molecule has 5 atom stereocenters. The lowest BCUT2D eigenvalue weighted by atomic mass is 9.85. The van der Waals surface area contributed by atoms with Crippen LogP contribution in [0.25, 0.3) is 0 Å². The number of fused-ring (bicyclic) bond motifs is 8. The van der Waals surface area contributed by atoms with E-state index in [-0.39, 0.29) is 35.5 Å². The van der Waals surface area contributed by atoms with Crippen molar-refractivity contribution in [2.45, 2.75) is 19.4 Å². The molecule has 0 radical (unpaired) electrons. The first-order chi connectivity index (χ1) is 14.2. The first kappa shape index (κ1) is 19.1. The molecular weight excluding hydrogens is 368 g/mol. The van der Waals surface area contributed by atoms with Crippen LogP contribution in [-0.4, -0.2) is 97.4 Å². The average molecular weight is 401 g/mol. The van der Waals surface area contributed by atoms with Crippen LogP contribution in [0.3, 0.4) is 0 Å². The highest BCUT2D eigenvalue weighted by Crippen LogP contribution is 2.52. The van der Waals surface area contributed by atoms with Gasteiger partial charge in [0.1, 0.15) is 0 Å². The van der Waals surface area contributed by atoms with E-state index >= 15 is 0 Å². The third kappa shape index (κ3) is 3.36. The minimum atomic E-state index is -0.106. The molecule has 0 aromatic carbocycles. The summed E-state index contributed by atoms with van der Waals surface area (Å²) in [6.45, 7) is 10.3. The van der Waals surface area contributed by atoms with Crippen molar-refractivity contribution >= 4 is 17.8 Å². The number of rotatable bonds is 6. The fourth-order valence-corrected chi connectivity index (χ4v) is 5.91. The quantitative estimate of drug-likeness (QED) is 0.267. The van der Waals surface area contributed by atoms with E-state index in [0.29, 0.717) is 19.1 Å². The highest BCUT2D eigenvalue weighted by atomic mass is 16.2. The van der Waals surface area contributed by atoms with Gasteiger partial charge in [-0.15, -0.1) is 0 Å². The highest BCUT2D eigenvalue weighted by Gasteiger charge is 2.58. The van der Waals surface area contributed by atoms with Gasteiger partial charge in [-0.25, -0.2) is 0 Å². The summed E-state index contributed by atoms with van der Waals surface area (Å²) in [5, 5.41) is 6.61. The zero-order valence-corrected chi connectivity index (χ0v) is 17.2. The summed E-state index contributed by atoms with van der Waals surface area (Å²) in [5.41, 5.74) is 0. The predicted molar refractivity (Wildman–Crippen MR) is 110 cm³/mol. The van der Waals surface area contributed by atoms with E-state index in [4.69, 9.17) is 4.99 Å². The van der Waals surface area contributed by atoms with Gasteiger partial charge in [0.2, 0.25) is 11.8 Å². The van der Waals surface area contributed by atoms with Gasteiger partial charge < -0.3 is 10.6 Å². The zero-order chi connectivity index (χ0) is 20.0. The Morgan fingerprint density at radius 1 is 1.07 bits per heavy atom. The Labute approximate surface area is 172 Å². The largest absolute Gasteiger partial charge is 0.357 e. The van der Waals surface area contributed by atoms with Crippen LogP contribution in [0.2, 0.25) is 0 Å².